The lowest BCUT2D eigenvalue weighted by Gasteiger charge is -2.15. The number of aliphatic imine (C=N–C) groups is 1. The van der Waals surface area contributed by atoms with Gasteiger partial charge in [0.2, 0.25) is 5.91 Å². The summed E-state index contributed by atoms with van der Waals surface area (Å²) in [5.74, 6) is 4.10. The van der Waals surface area contributed by atoms with Crippen LogP contribution in [0.2, 0.25) is 0 Å². The third-order valence-corrected chi connectivity index (χ3v) is 5.68. The molecule has 0 saturated carbocycles. The number of ether oxygens (including phenoxy) is 2. The van der Waals surface area contributed by atoms with Crippen molar-refractivity contribution in [3.8, 4) is 23.8 Å². The SMILES string of the molecule is C#CCOc1ccc(C[C@H]2SC(=Nc3ccc(OCC)cc3)N(CCC)C2=O)cc1. The van der Waals surface area contributed by atoms with E-state index in [9.17, 15) is 4.79 Å². The lowest BCUT2D eigenvalue weighted by Crippen LogP contribution is -2.33. The predicted octanol–water partition coefficient (Wildman–Crippen LogP) is 4.68. The summed E-state index contributed by atoms with van der Waals surface area (Å²) in [5.41, 5.74) is 1.89. The second kappa shape index (κ2) is 10.7. The number of nitrogens with zero attached hydrogens (tertiary/aromatic N) is 2. The van der Waals surface area contributed by atoms with Gasteiger partial charge in [0, 0.05) is 6.54 Å². The van der Waals surface area contributed by atoms with Crippen LogP contribution in [0.5, 0.6) is 11.5 Å². The predicted molar refractivity (Wildman–Crippen MR) is 123 cm³/mol. The van der Waals surface area contributed by atoms with Crippen molar-refractivity contribution in [3.63, 3.8) is 0 Å². The van der Waals surface area contributed by atoms with Crippen LogP contribution in [0.25, 0.3) is 0 Å². The molecule has 3 rings (SSSR count). The van der Waals surface area contributed by atoms with Gasteiger partial charge in [-0.05, 0) is 61.7 Å². The third-order valence-electron chi connectivity index (χ3n) is 4.51. The summed E-state index contributed by atoms with van der Waals surface area (Å²) >= 11 is 1.53. The molecular weight excluding hydrogens is 396 g/mol. The molecule has 0 bridgehead atoms. The van der Waals surface area contributed by atoms with Crippen LogP contribution in [0.15, 0.2) is 53.5 Å². The molecule has 5 nitrogen and oxygen atoms in total. The first-order valence-corrected chi connectivity index (χ1v) is 11.0. The smallest absolute Gasteiger partial charge is 0.242 e. The Kier molecular flexibility index (Phi) is 7.81. The van der Waals surface area contributed by atoms with Gasteiger partial charge in [-0.25, -0.2) is 4.99 Å². The van der Waals surface area contributed by atoms with Gasteiger partial charge in [0.05, 0.1) is 17.5 Å². The summed E-state index contributed by atoms with van der Waals surface area (Å²) in [5, 5.41) is 0.570. The average molecular weight is 423 g/mol. The summed E-state index contributed by atoms with van der Waals surface area (Å²) < 4.78 is 10.9. The zero-order valence-electron chi connectivity index (χ0n) is 17.3. The lowest BCUT2D eigenvalue weighted by atomic mass is 10.1. The molecule has 156 valence electrons. The molecule has 0 N–H and O–H groups in total. The largest absolute Gasteiger partial charge is 0.494 e. The summed E-state index contributed by atoms with van der Waals surface area (Å²) in [6.07, 6.45) is 6.74. The van der Waals surface area contributed by atoms with E-state index in [1.165, 1.54) is 11.8 Å². The fourth-order valence-electron chi connectivity index (χ4n) is 3.11. The minimum absolute atomic E-state index is 0.110. The zero-order chi connectivity index (χ0) is 21.3. The van der Waals surface area contributed by atoms with Gasteiger partial charge >= 0.3 is 0 Å². The highest BCUT2D eigenvalue weighted by atomic mass is 32.2. The number of benzene rings is 2. The Labute approximate surface area is 182 Å². The molecule has 1 aliphatic rings. The van der Waals surface area contributed by atoms with Crippen LogP contribution in [-0.4, -0.2) is 41.0 Å². The van der Waals surface area contributed by atoms with Crippen LogP contribution < -0.4 is 9.47 Å². The van der Waals surface area contributed by atoms with Gasteiger partial charge in [-0.2, -0.15) is 0 Å². The van der Waals surface area contributed by atoms with Gasteiger partial charge in [-0.15, -0.1) is 6.42 Å². The minimum atomic E-state index is -0.185. The maximum absolute atomic E-state index is 13.0. The maximum atomic E-state index is 13.0. The van der Waals surface area contributed by atoms with E-state index in [2.05, 4.69) is 12.8 Å². The third kappa shape index (κ3) is 5.58. The van der Waals surface area contributed by atoms with Gasteiger partial charge in [-0.1, -0.05) is 36.7 Å². The van der Waals surface area contributed by atoms with Crippen molar-refractivity contribution in [2.75, 3.05) is 19.8 Å². The number of hydrogen-bond acceptors (Lipinski definition) is 5. The number of carbonyl (C=O) groups excluding carboxylic acids is 1. The van der Waals surface area contributed by atoms with Crippen LogP contribution in [0.4, 0.5) is 5.69 Å². The van der Waals surface area contributed by atoms with Gasteiger partial charge in [0.15, 0.2) is 5.17 Å². The molecule has 2 aromatic carbocycles. The highest BCUT2D eigenvalue weighted by Gasteiger charge is 2.37. The first-order valence-electron chi connectivity index (χ1n) is 10.1. The van der Waals surface area contributed by atoms with E-state index in [4.69, 9.17) is 20.9 Å². The molecule has 1 atom stereocenters. The van der Waals surface area contributed by atoms with Crippen LogP contribution in [0.3, 0.4) is 0 Å². The topological polar surface area (TPSA) is 51.1 Å². The second-order valence-corrected chi connectivity index (χ2v) is 7.93. The van der Waals surface area contributed by atoms with Crippen molar-refractivity contribution in [2.45, 2.75) is 31.9 Å². The normalized spacial score (nSPS) is 17.2. The molecule has 0 aromatic heterocycles. The first-order chi connectivity index (χ1) is 14.6. The molecule has 0 spiro atoms. The zero-order valence-corrected chi connectivity index (χ0v) is 18.2. The number of amides is 1. The van der Waals surface area contributed by atoms with Crippen LogP contribution in [-0.2, 0) is 11.2 Å². The van der Waals surface area contributed by atoms with Crippen LogP contribution >= 0.6 is 11.8 Å². The standard InChI is InChI=1S/C24H26N2O3S/c1-4-15-26-23(27)22(17-18-7-11-21(12-8-18)29-16-5-2)30-24(26)25-19-9-13-20(14-10-19)28-6-3/h2,7-14,22H,4,6,15-17H2,1,3H3/t22-/m1/s1. The number of hydrogen-bond donors (Lipinski definition) is 0. The molecule has 30 heavy (non-hydrogen) atoms. The fraction of sp³-hybridized carbons (Fsp3) is 0.333. The Morgan fingerprint density at radius 3 is 2.37 bits per heavy atom. The second-order valence-electron chi connectivity index (χ2n) is 6.76. The Morgan fingerprint density at radius 1 is 1.07 bits per heavy atom. The maximum Gasteiger partial charge on any atom is 0.242 e. The molecule has 0 aliphatic carbocycles. The molecular formula is C24H26N2O3S. The van der Waals surface area contributed by atoms with Crippen molar-refractivity contribution in [1.29, 1.82) is 0 Å². The Balaban J connectivity index is 1.73. The minimum Gasteiger partial charge on any atom is -0.494 e. The van der Waals surface area contributed by atoms with Gasteiger partial charge in [0.1, 0.15) is 18.1 Å². The highest BCUT2D eigenvalue weighted by molar-refractivity contribution is 8.15. The molecule has 1 heterocycles. The van der Waals surface area contributed by atoms with E-state index < -0.39 is 0 Å². The van der Waals surface area contributed by atoms with Crippen molar-refractivity contribution in [3.05, 3.63) is 54.1 Å². The van der Waals surface area contributed by atoms with Crippen molar-refractivity contribution < 1.29 is 14.3 Å². The Bertz CT molecular complexity index is 917. The Morgan fingerprint density at radius 2 is 1.73 bits per heavy atom. The van der Waals surface area contributed by atoms with Crippen molar-refractivity contribution in [1.82, 2.24) is 4.90 Å². The fourth-order valence-corrected chi connectivity index (χ4v) is 4.33. The summed E-state index contributed by atoms with van der Waals surface area (Å²) in [6.45, 7) is 5.55. The van der Waals surface area contributed by atoms with Gasteiger partial charge < -0.3 is 9.47 Å². The van der Waals surface area contributed by atoms with Crippen molar-refractivity contribution >= 4 is 28.5 Å². The molecule has 1 aliphatic heterocycles. The van der Waals surface area contributed by atoms with E-state index in [1.54, 1.807) is 4.90 Å². The highest BCUT2D eigenvalue weighted by Crippen LogP contribution is 2.32. The number of carbonyl (C=O) groups is 1. The van der Waals surface area contributed by atoms with E-state index in [0.717, 1.165) is 34.3 Å². The van der Waals surface area contributed by atoms with Crippen molar-refractivity contribution in [2.24, 2.45) is 4.99 Å². The molecule has 1 fully saturated rings. The number of thioether (sulfide) groups is 1. The molecule has 6 heteroatoms. The average Bonchev–Trinajstić information content (AvgIpc) is 3.04. The summed E-state index contributed by atoms with van der Waals surface area (Å²) in [4.78, 5) is 19.5. The summed E-state index contributed by atoms with van der Waals surface area (Å²) in [6, 6.07) is 15.3. The Hall–Kier alpha value is -2.91. The summed E-state index contributed by atoms with van der Waals surface area (Å²) in [7, 11) is 0. The molecule has 1 amide bonds. The van der Waals surface area contributed by atoms with E-state index in [0.29, 0.717) is 19.6 Å². The lowest BCUT2D eigenvalue weighted by molar-refractivity contribution is -0.126. The van der Waals surface area contributed by atoms with Gasteiger partial charge in [0.25, 0.3) is 0 Å². The molecule has 1 saturated heterocycles. The number of rotatable bonds is 9. The number of terminal acetylenes is 1. The quantitative estimate of drug-likeness (QED) is 0.551. The van der Waals surface area contributed by atoms with Crippen LogP contribution in [0.1, 0.15) is 25.8 Å². The number of amidine groups is 1. The van der Waals surface area contributed by atoms with Crippen LogP contribution in [0, 0.1) is 12.3 Å². The molecule has 0 radical (unpaired) electrons. The van der Waals surface area contributed by atoms with E-state index >= 15 is 0 Å². The first kappa shape index (κ1) is 21.8. The molecule has 0 unspecified atom stereocenters. The van der Waals surface area contributed by atoms with E-state index in [-0.39, 0.29) is 17.8 Å². The van der Waals surface area contributed by atoms with E-state index in [1.807, 2.05) is 55.5 Å². The molecule has 2 aromatic rings. The monoisotopic (exact) mass is 422 g/mol. The van der Waals surface area contributed by atoms with Gasteiger partial charge in [-0.3, -0.25) is 9.69 Å².